The van der Waals surface area contributed by atoms with Crippen LogP contribution in [0.4, 0.5) is 11.4 Å². The molecule has 1 amide bonds. The summed E-state index contributed by atoms with van der Waals surface area (Å²) in [5.74, 6) is -0.0970. The quantitative estimate of drug-likeness (QED) is 0.843. The normalized spacial score (nSPS) is 12.1. The minimum atomic E-state index is -0.0889. The first-order valence-electron chi connectivity index (χ1n) is 6.44. The Labute approximate surface area is 120 Å². The molecule has 0 bridgehead atoms. The molecule has 0 spiro atoms. The molecule has 19 heavy (non-hydrogen) atoms. The Kier molecular flexibility index (Phi) is 6.12. The average Bonchev–Trinajstić information content (AvgIpc) is 2.35. The Hall–Kier alpha value is -1.26. The lowest BCUT2D eigenvalue weighted by atomic mass is 10.1. The van der Waals surface area contributed by atoms with E-state index in [-0.39, 0.29) is 11.8 Å². The molecule has 0 aromatic heterocycles. The van der Waals surface area contributed by atoms with Crippen LogP contribution in [0.5, 0.6) is 0 Å². The minimum Gasteiger partial charge on any atom is -0.375 e. The fourth-order valence-corrected chi connectivity index (χ4v) is 2.12. The van der Waals surface area contributed by atoms with Crippen LogP contribution in [0, 0.1) is 5.92 Å². The van der Waals surface area contributed by atoms with Gasteiger partial charge in [0, 0.05) is 26.6 Å². The molecule has 1 rings (SSSR count). The highest BCUT2D eigenvalue weighted by atomic mass is 35.5. The highest BCUT2D eigenvalue weighted by Crippen LogP contribution is 2.32. The van der Waals surface area contributed by atoms with Crippen LogP contribution in [0.3, 0.4) is 0 Å². The van der Waals surface area contributed by atoms with Crippen molar-refractivity contribution in [2.75, 3.05) is 37.4 Å². The van der Waals surface area contributed by atoms with E-state index in [1.807, 2.05) is 51.0 Å². The van der Waals surface area contributed by atoms with E-state index in [9.17, 15) is 4.79 Å². The zero-order valence-electron chi connectivity index (χ0n) is 12.0. The molecular formula is C14H22ClN3O. The van der Waals surface area contributed by atoms with E-state index >= 15 is 0 Å². The molecule has 1 aromatic carbocycles. The van der Waals surface area contributed by atoms with Gasteiger partial charge in [-0.1, -0.05) is 31.5 Å². The summed E-state index contributed by atoms with van der Waals surface area (Å²) in [6, 6.07) is 5.51. The molecule has 1 aromatic rings. The van der Waals surface area contributed by atoms with Gasteiger partial charge in [0.2, 0.25) is 5.91 Å². The number of benzene rings is 1. The summed E-state index contributed by atoms with van der Waals surface area (Å²) in [5.41, 5.74) is 1.57. The standard InChI is InChI=1S/C14H22ClN3O/c1-5-16-9-10(2)14(19)17-12-8-6-7-11(15)13(12)18(3)4/h6-8,10,16H,5,9H2,1-4H3,(H,17,19). The molecular weight excluding hydrogens is 262 g/mol. The number of hydrogen-bond donors (Lipinski definition) is 2. The lowest BCUT2D eigenvalue weighted by molar-refractivity contribution is -0.119. The number of carbonyl (C=O) groups is 1. The first-order valence-corrected chi connectivity index (χ1v) is 6.82. The van der Waals surface area contributed by atoms with Crippen molar-refractivity contribution in [2.24, 2.45) is 5.92 Å². The van der Waals surface area contributed by atoms with Crippen molar-refractivity contribution in [3.63, 3.8) is 0 Å². The monoisotopic (exact) mass is 283 g/mol. The number of anilines is 2. The van der Waals surface area contributed by atoms with Gasteiger partial charge in [0.1, 0.15) is 0 Å². The van der Waals surface area contributed by atoms with Crippen molar-refractivity contribution >= 4 is 28.9 Å². The van der Waals surface area contributed by atoms with E-state index in [0.29, 0.717) is 11.6 Å². The molecule has 0 aliphatic carbocycles. The van der Waals surface area contributed by atoms with Crippen LogP contribution in [0.25, 0.3) is 0 Å². The molecule has 2 N–H and O–H groups in total. The summed E-state index contributed by atoms with van der Waals surface area (Å²) >= 11 is 6.17. The number of halogens is 1. The lowest BCUT2D eigenvalue weighted by Gasteiger charge is -2.20. The number of carbonyl (C=O) groups excluding carboxylic acids is 1. The molecule has 0 radical (unpaired) electrons. The maximum atomic E-state index is 12.1. The van der Waals surface area contributed by atoms with Crippen LogP contribution >= 0.6 is 11.6 Å². The Morgan fingerprint density at radius 2 is 2.11 bits per heavy atom. The molecule has 106 valence electrons. The van der Waals surface area contributed by atoms with E-state index in [1.54, 1.807) is 0 Å². The molecule has 0 heterocycles. The summed E-state index contributed by atoms with van der Waals surface area (Å²) in [4.78, 5) is 14.0. The van der Waals surface area contributed by atoms with Gasteiger partial charge in [0.25, 0.3) is 0 Å². The van der Waals surface area contributed by atoms with Crippen LogP contribution in [-0.4, -0.2) is 33.1 Å². The number of nitrogens with one attached hydrogen (secondary N) is 2. The Bertz CT molecular complexity index is 435. The summed E-state index contributed by atoms with van der Waals surface area (Å²) in [5, 5.41) is 6.73. The van der Waals surface area contributed by atoms with Gasteiger partial charge < -0.3 is 15.5 Å². The maximum Gasteiger partial charge on any atom is 0.228 e. The second kappa shape index (κ2) is 7.36. The largest absolute Gasteiger partial charge is 0.375 e. The van der Waals surface area contributed by atoms with Crippen molar-refractivity contribution < 1.29 is 4.79 Å². The van der Waals surface area contributed by atoms with Gasteiger partial charge in [-0.2, -0.15) is 0 Å². The lowest BCUT2D eigenvalue weighted by Crippen LogP contribution is -2.30. The van der Waals surface area contributed by atoms with Gasteiger partial charge >= 0.3 is 0 Å². The topological polar surface area (TPSA) is 44.4 Å². The molecule has 1 unspecified atom stereocenters. The van der Waals surface area contributed by atoms with Gasteiger partial charge in [-0.25, -0.2) is 0 Å². The molecule has 5 heteroatoms. The third-order valence-electron chi connectivity index (χ3n) is 2.84. The van der Waals surface area contributed by atoms with Crippen LogP contribution in [0.15, 0.2) is 18.2 Å². The van der Waals surface area contributed by atoms with Crippen LogP contribution < -0.4 is 15.5 Å². The predicted molar refractivity (Wildman–Crippen MR) is 82.1 cm³/mol. The first-order chi connectivity index (χ1) is 8.97. The smallest absolute Gasteiger partial charge is 0.228 e. The first kappa shape index (κ1) is 15.8. The van der Waals surface area contributed by atoms with Gasteiger partial charge in [-0.05, 0) is 18.7 Å². The number of rotatable bonds is 6. The van der Waals surface area contributed by atoms with Crippen molar-refractivity contribution in [1.82, 2.24) is 5.32 Å². The van der Waals surface area contributed by atoms with E-state index in [1.165, 1.54) is 0 Å². The van der Waals surface area contributed by atoms with Gasteiger partial charge in [0.15, 0.2) is 0 Å². The number of hydrogen-bond acceptors (Lipinski definition) is 3. The third kappa shape index (κ3) is 4.40. The number of nitrogens with zero attached hydrogens (tertiary/aromatic N) is 1. The Morgan fingerprint density at radius 3 is 2.68 bits per heavy atom. The SMILES string of the molecule is CCNCC(C)C(=O)Nc1cccc(Cl)c1N(C)C. The number of para-hydroxylation sites is 1. The van der Waals surface area contributed by atoms with E-state index in [4.69, 9.17) is 11.6 Å². The summed E-state index contributed by atoms with van der Waals surface area (Å²) in [7, 11) is 3.80. The molecule has 4 nitrogen and oxygen atoms in total. The third-order valence-corrected chi connectivity index (χ3v) is 3.14. The Balaban J connectivity index is 2.82. The van der Waals surface area contributed by atoms with Crippen LogP contribution in [0.2, 0.25) is 5.02 Å². The summed E-state index contributed by atoms with van der Waals surface area (Å²) < 4.78 is 0. The summed E-state index contributed by atoms with van der Waals surface area (Å²) in [6.45, 7) is 5.45. The maximum absolute atomic E-state index is 12.1. The van der Waals surface area contributed by atoms with Crippen LogP contribution in [-0.2, 0) is 4.79 Å². The van der Waals surface area contributed by atoms with E-state index in [2.05, 4.69) is 10.6 Å². The van der Waals surface area contributed by atoms with Gasteiger partial charge in [-0.3, -0.25) is 4.79 Å². The minimum absolute atomic E-state index is 0.00804. The second-order valence-corrected chi connectivity index (χ2v) is 5.14. The molecule has 0 saturated heterocycles. The van der Waals surface area contributed by atoms with Gasteiger partial charge in [0.05, 0.1) is 16.4 Å². The van der Waals surface area contributed by atoms with E-state index in [0.717, 1.165) is 17.9 Å². The second-order valence-electron chi connectivity index (χ2n) is 4.73. The molecule has 1 atom stereocenters. The highest BCUT2D eigenvalue weighted by molar-refractivity contribution is 6.34. The van der Waals surface area contributed by atoms with Crippen LogP contribution in [0.1, 0.15) is 13.8 Å². The summed E-state index contributed by atoms with van der Waals surface area (Å²) in [6.07, 6.45) is 0. The van der Waals surface area contributed by atoms with E-state index < -0.39 is 0 Å². The van der Waals surface area contributed by atoms with Gasteiger partial charge in [-0.15, -0.1) is 0 Å². The predicted octanol–water partition coefficient (Wildman–Crippen LogP) is 2.59. The van der Waals surface area contributed by atoms with Crippen molar-refractivity contribution in [3.8, 4) is 0 Å². The zero-order valence-corrected chi connectivity index (χ0v) is 12.7. The fourth-order valence-electron chi connectivity index (χ4n) is 1.78. The highest BCUT2D eigenvalue weighted by Gasteiger charge is 2.16. The molecule has 0 saturated carbocycles. The van der Waals surface area contributed by atoms with Crippen molar-refractivity contribution in [3.05, 3.63) is 23.2 Å². The molecule has 0 aliphatic heterocycles. The number of amides is 1. The van der Waals surface area contributed by atoms with Crippen molar-refractivity contribution in [1.29, 1.82) is 0 Å². The fraction of sp³-hybridized carbons (Fsp3) is 0.500. The molecule has 0 aliphatic rings. The average molecular weight is 284 g/mol. The zero-order chi connectivity index (χ0) is 14.4. The van der Waals surface area contributed by atoms with Crippen molar-refractivity contribution in [2.45, 2.75) is 13.8 Å². The Morgan fingerprint density at radius 1 is 1.42 bits per heavy atom. The molecule has 0 fully saturated rings.